The number of hydrogen-bond donors (Lipinski definition) is 0. The molecule has 120 valence electrons. The first-order valence-corrected chi connectivity index (χ1v) is 7.90. The molecule has 0 N–H and O–H groups in total. The summed E-state index contributed by atoms with van der Waals surface area (Å²) in [7, 11) is 1.36. The van der Waals surface area contributed by atoms with Crippen LogP contribution < -0.4 is 4.90 Å². The highest BCUT2D eigenvalue weighted by molar-refractivity contribution is 5.87. The second-order valence-corrected chi connectivity index (χ2v) is 5.89. The predicted molar refractivity (Wildman–Crippen MR) is 88.7 cm³/mol. The van der Waals surface area contributed by atoms with Crippen molar-refractivity contribution in [3.63, 3.8) is 0 Å². The van der Waals surface area contributed by atoms with Crippen molar-refractivity contribution in [1.82, 2.24) is 9.97 Å². The molecule has 1 atom stereocenters. The Labute approximate surface area is 136 Å². The zero-order valence-corrected chi connectivity index (χ0v) is 13.5. The number of piperidine rings is 1. The van der Waals surface area contributed by atoms with Gasteiger partial charge in [-0.25, -0.2) is 14.8 Å². The largest absolute Gasteiger partial charge is 0.464 e. The van der Waals surface area contributed by atoms with Gasteiger partial charge < -0.3 is 9.64 Å². The second kappa shape index (κ2) is 6.77. The maximum atomic E-state index is 11.6. The van der Waals surface area contributed by atoms with E-state index in [0.29, 0.717) is 11.6 Å². The van der Waals surface area contributed by atoms with Gasteiger partial charge in [0.05, 0.1) is 7.11 Å². The molecule has 0 bridgehead atoms. The summed E-state index contributed by atoms with van der Waals surface area (Å²) >= 11 is 0. The highest BCUT2D eigenvalue weighted by Gasteiger charge is 2.24. The fourth-order valence-corrected chi connectivity index (χ4v) is 3.22. The number of carbonyl (C=O) groups is 1. The van der Waals surface area contributed by atoms with E-state index in [1.54, 1.807) is 6.07 Å². The fraction of sp³-hybridized carbons (Fsp3) is 0.389. The Kier molecular flexibility index (Phi) is 4.55. The van der Waals surface area contributed by atoms with Gasteiger partial charge in [-0.05, 0) is 30.9 Å². The number of benzene rings is 1. The molecule has 0 radical (unpaired) electrons. The molecule has 0 amide bonds. The summed E-state index contributed by atoms with van der Waals surface area (Å²) in [5, 5.41) is 0. The van der Waals surface area contributed by atoms with Crippen LogP contribution in [0.4, 0.5) is 5.82 Å². The molecule has 1 aromatic carbocycles. The summed E-state index contributed by atoms with van der Waals surface area (Å²) < 4.78 is 4.74. The van der Waals surface area contributed by atoms with Crippen molar-refractivity contribution in [1.29, 1.82) is 0 Å². The number of aromatic nitrogens is 2. The minimum atomic E-state index is -0.430. The Hall–Kier alpha value is -2.43. The standard InChI is InChI=1S/C18H21N3O2/c1-13-6-3-4-8-15(13)14-7-5-9-21(11-14)17-10-16(18(22)23-2)19-12-20-17/h3-4,6,8,10,12,14H,5,7,9,11H2,1-2H3/t14-/m0/s1. The first-order chi connectivity index (χ1) is 11.2. The maximum Gasteiger partial charge on any atom is 0.356 e. The van der Waals surface area contributed by atoms with Crippen molar-refractivity contribution in [2.75, 3.05) is 25.1 Å². The first kappa shape index (κ1) is 15.5. The average molecular weight is 311 g/mol. The third-order valence-corrected chi connectivity index (χ3v) is 4.42. The van der Waals surface area contributed by atoms with Gasteiger partial charge in [0.25, 0.3) is 0 Å². The van der Waals surface area contributed by atoms with Gasteiger partial charge in [0.1, 0.15) is 12.1 Å². The molecule has 5 heteroatoms. The van der Waals surface area contributed by atoms with E-state index in [9.17, 15) is 4.79 Å². The molecule has 2 aromatic rings. The Morgan fingerprint density at radius 3 is 2.91 bits per heavy atom. The predicted octanol–water partition coefficient (Wildman–Crippen LogP) is 2.96. The van der Waals surface area contributed by atoms with Gasteiger partial charge >= 0.3 is 5.97 Å². The lowest BCUT2D eigenvalue weighted by Gasteiger charge is -2.34. The van der Waals surface area contributed by atoms with Crippen molar-refractivity contribution < 1.29 is 9.53 Å². The van der Waals surface area contributed by atoms with Crippen molar-refractivity contribution >= 4 is 11.8 Å². The van der Waals surface area contributed by atoms with Gasteiger partial charge in [-0.15, -0.1) is 0 Å². The molecule has 0 unspecified atom stereocenters. The van der Waals surface area contributed by atoms with Crippen molar-refractivity contribution in [2.45, 2.75) is 25.7 Å². The van der Waals surface area contributed by atoms with Crippen molar-refractivity contribution in [3.05, 3.63) is 53.5 Å². The lowest BCUT2D eigenvalue weighted by atomic mass is 9.88. The number of rotatable bonds is 3. The Morgan fingerprint density at radius 1 is 1.30 bits per heavy atom. The van der Waals surface area contributed by atoms with Crippen LogP contribution in [0.1, 0.15) is 40.4 Å². The van der Waals surface area contributed by atoms with E-state index in [1.807, 2.05) is 0 Å². The number of esters is 1. The Balaban J connectivity index is 1.81. The van der Waals surface area contributed by atoms with Crippen LogP contribution in [-0.4, -0.2) is 36.1 Å². The molecule has 3 rings (SSSR count). The topological polar surface area (TPSA) is 55.3 Å². The monoisotopic (exact) mass is 311 g/mol. The van der Waals surface area contributed by atoms with Crippen LogP contribution in [0, 0.1) is 6.92 Å². The summed E-state index contributed by atoms with van der Waals surface area (Å²) in [6.07, 6.45) is 3.71. The molecule has 1 saturated heterocycles. The van der Waals surface area contributed by atoms with Crippen LogP contribution in [0.3, 0.4) is 0 Å². The highest BCUT2D eigenvalue weighted by atomic mass is 16.5. The number of carbonyl (C=O) groups excluding carboxylic acids is 1. The van der Waals surface area contributed by atoms with E-state index >= 15 is 0 Å². The molecule has 1 aromatic heterocycles. The Bertz CT molecular complexity index is 702. The van der Waals surface area contributed by atoms with Crippen LogP contribution in [-0.2, 0) is 4.74 Å². The van der Waals surface area contributed by atoms with Gasteiger partial charge in [-0.1, -0.05) is 24.3 Å². The third-order valence-electron chi connectivity index (χ3n) is 4.42. The molecular formula is C18H21N3O2. The van der Waals surface area contributed by atoms with Crippen LogP contribution in [0.2, 0.25) is 0 Å². The number of anilines is 1. The maximum absolute atomic E-state index is 11.6. The second-order valence-electron chi connectivity index (χ2n) is 5.89. The van der Waals surface area contributed by atoms with Crippen molar-refractivity contribution in [3.8, 4) is 0 Å². The van der Waals surface area contributed by atoms with E-state index in [-0.39, 0.29) is 0 Å². The molecule has 2 heterocycles. The highest BCUT2D eigenvalue weighted by Crippen LogP contribution is 2.30. The smallest absolute Gasteiger partial charge is 0.356 e. The lowest BCUT2D eigenvalue weighted by Crippen LogP contribution is -2.35. The Morgan fingerprint density at radius 2 is 2.13 bits per heavy atom. The summed E-state index contributed by atoms with van der Waals surface area (Å²) in [6.45, 7) is 4.01. The van der Waals surface area contributed by atoms with Gasteiger partial charge in [0.2, 0.25) is 0 Å². The molecular weight excluding hydrogens is 290 g/mol. The summed E-state index contributed by atoms with van der Waals surface area (Å²) in [5.74, 6) is 0.848. The quantitative estimate of drug-likeness (QED) is 0.816. The molecule has 1 aliphatic heterocycles. The third kappa shape index (κ3) is 3.33. The number of methoxy groups -OCH3 is 1. The molecule has 23 heavy (non-hydrogen) atoms. The van der Waals surface area contributed by atoms with E-state index in [2.05, 4.69) is 46.1 Å². The summed E-state index contributed by atoms with van der Waals surface area (Å²) in [4.78, 5) is 22.2. The van der Waals surface area contributed by atoms with Crippen LogP contribution in [0.5, 0.6) is 0 Å². The summed E-state index contributed by atoms with van der Waals surface area (Å²) in [6, 6.07) is 10.3. The van der Waals surface area contributed by atoms with Crippen molar-refractivity contribution in [2.24, 2.45) is 0 Å². The average Bonchev–Trinajstić information content (AvgIpc) is 2.61. The lowest BCUT2D eigenvalue weighted by molar-refractivity contribution is 0.0594. The van der Waals surface area contributed by atoms with E-state index in [4.69, 9.17) is 4.74 Å². The minimum absolute atomic E-state index is 0.301. The molecule has 0 spiro atoms. The molecule has 0 aliphatic carbocycles. The van der Waals surface area contributed by atoms with E-state index < -0.39 is 5.97 Å². The van der Waals surface area contributed by atoms with Gasteiger partial charge in [-0.2, -0.15) is 0 Å². The normalized spacial score (nSPS) is 17.8. The zero-order chi connectivity index (χ0) is 16.2. The van der Waals surface area contributed by atoms with E-state index in [0.717, 1.165) is 25.3 Å². The molecule has 1 aliphatic rings. The zero-order valence-electron chi connectivity index (χ0n) is 13.5. The van der Waals surface area contributed by atoms with Gasteiger partial charge in [-0.3, -0.25) is 0 Å². The molecule has 5 nitrogen and oxygen atoms in total. The van der Waals surface area contributed by atoms with E-state index in [1.165, 1.54) is 31.0 Å². The first-order valence-electron chi connectivity index (χ1n) is 7.90. The molecule has 1 fully saturated rings. The summed E-state index contributed by atoms with van der Waals surface area (Å²) in [5.41, 5.74) is 3.03. The number of ether oxygens (including phenoxy) is 1. The molecule has 0 saturated carbocycles. The minimum Gasteiger partial charge on any atom is -0.464 e. The SMILES string of the molecule is COC(=O)c1cc(N2CCC[C@H](c3ccccc3C)C2)ncn1. The number of nitrogens with zero attached hydrogens (tertiary/aromatic N) is 3. The van der Waals surface area contributed by atoms with Gasteiger partial charge in [0.15, 0.2) is 5.69 Å². The van der Waals surface area contributed by atoms with Gasteiger partial charge in [0, 0.05) is 25.1 Å². The van der Waals surface area contributed by atoms with Crippen LogP contribution >= 0.6 is 0 Å². The number of hydrogen-bond acceptors (Lipinski definition) is 5. The number of aryl methyl sites for hydroxylation is 1. The van der Waals surface area contributed by atoms with Crippen LogP contribution in [0.25, 0.3) is 0 Å². The fourth-order valence-electron chi connectivity index (χ4n) is 3.22. The van der Waals surface area contributed by atoms with Crippen LogP contribution in [0.15, 0.2) is 36.7 Å².